The standard InChI is InChI=1S/C23H23N3O3/c1-15(2)16-4-9-19(10-5-16)25-21-13-8-18(14-24-21)22(27)26-20-11-6-17(7-12-20)23(28)29-3/h4-15H,1-3H3,(H,24,25)(H,26,27). The molecule has 2 N–H and O–H groups in total. The summed E-state index contributed by atoms with van der Waals surface area (Å²) < 4.78 is 4.66. The van der Waals surface area contributed by atoms with Crippen LogP contribution in [0.15, 0.2) is 66.9 Å². The first-order valence-electron chi connectivity index (χ1n) is 9.29. The molecule has 0 saturated carbocycles. The molecule has 0 radical (unpaired) electrons. The maximum absolute atomic E-state index is 12.4. The maximum atomic E-state index is 12.4. The predicted molar refractivity (Wildman–Crippen MR) is 114 cm³/mol. The van der Waals surface area contributed by atoms with E-state index in [1.165, 1.54) is 18.9 Å². The molecule has 3 rings (SSSR count). The second-order valence-corrected chi connectivity index (χ2v) is 6.86. The number of hydrogen-bond donors (Lipinski definition) is 2. The van der Waals surface area contributed by atoms with Gasteiger partial charge in [-0.2, -0.15) is 0 Å². The largest absolute Gasteiger partial charge is 0.465 e. The van der Waals surface area contributed by atoms with Crippen LogP contribution in [-0.4, -0.2) is 24.0 Å². The Balaban J connectivity index is 1.61. The van der Waals surface area contributed by atoms with Crippen molar-refractivity contribution in [3.8, 4) is 0 Å². The number of hydrogen-bond acceptors (Lipinski definition) is 5. The van der Waals surface area contributed by atoms with Crippen LogP contribution in [0.5, 0.6) is 0 Å². The molecule has 0 atom stereocenters. The Morgan fingerprint density at radius 1 is 0.862 bits per heavy atom. The summed E-state index contributed by atoms with van der Waals surface area (Å²) >= 11 is 0. The van der Waals surface area contributed by atoms with Crippen LogP contribution in [0.4, 0.5) is 17.2 Å². The monoisotopic (exact) mass is 389 g/mol. The van der Waals surface area contributed by atoms with E-state index in [-0.39, 0.29) is 5.91 Å². The first-order chi connectivity index (χ1) is 14.0. The summed E-state index contributed by atoms with van der Waals surface area (Å²) in [7, 11) is 1.32. The molecule has 148 valence electrons. The van der Waals surface area contributed by atoms with Crippen molar-refractivity contribution in [3.63, 3.8) is 0 Å². The molecule has 1 amide bonds. The highest BCUT2D eigenvalue weighted by Gasteiger charge is 2.09. The van der Waals surface area contributed by atoms with E-state index in [4.69, 9.17) is 0 Å². The van der Waals surface area contributed by atoms with E-state index in [0.29, 0.717) is 28.6 Å². The van der Waals surface area contributed by atoms with Gasteiger partial charge in [0.05, 0.1) is 18.2 Å². The molecule has 29 heavy (non-hydrogen) atoms. The molecular formula is C23H23N3O3. The fourth-order valence-electron chi connectivity index (χ4n) is 2.71. The third-order valence-corrected chi connectivity index (χ3v) is 4.44. The van der Waals surface area contributed by atoms with E-state index in [2.05, 4.69) is 46.3 Å². The van der Waals surface area contributed by atoms with Crippen LogP contribution >= 0.6 is 0 Å². The second kappa shape index (κ2) is 9.01. The Labute approximate surface area is 169 Å². The van der Waals surface area contributed by atoms with E-state index in [1.807, 2.05) is 12.1 Å². The number of rotatable bonds is 6. The number of ether oxygens (including phenoxy) is 1. The molecule has 6 heteroatoms. The predicted octanol–water partition coefficient (Wildman–Crippen LogP) is 4.99. The van der Waals surface area contributed by atoms with Crippen molar-refractivity contribution in [3.05, 3.63) is 83.6 Å². The minimum Gasteiger partial charge on any atom is -0.465 e. The van der Waals surface area contributed by atoms with E-state index in [1.54, 1.807) is 36.4 Å². The molecule has 1 heterocycles. The topological polar surface area (TPSA) is 80.3 Å². The Morgan fingerprint density at radius 2 is 1.48 bits per heavy atom. The van der Waals surface area contributed by atoms with Crippen LogP contribution < -0.4 is 10.6 Å². The Hall–Kier alpha value is -3.67. The van der Waals surface area contributed by atoms with Gasteiger partial charge in [-0.05, 0) is 60.0 Å². The van der Waals surface area contributed by atoms with Crippen LogP contribution in [-0.2, 0) is 4.74 Å². The highest BCUT2D eigenvalue weighted by atomic mass is 16.5. The zero-order chi connectivity index (χ0) is 20.8. The molecule has 0 fully saturated rings. The molecule has 0 aliphatic rings. The highest BCUT2D eigenvalue weighted by molar-refractivity contribution is 6.04. The third-order valence-electron chi connectivity index (χ3n) is 4.44. The minimum absolute atomic E-state index is 0.281. The molecule has 0 aliphatic heterocycles. The fourth-order valence-corrected chi connectivity index (χ4v) is 2.71. The van der Waals surface area contributed by atoms with Gasteiger partial charge in [-0.15, -0.1) is 0 Å². The molecule has 0 bridgehead atoms. The lowest BCUT2D eigenvalue weighted by molar-refractivity contribution is 0.0600. The van der Waals surface area contributed by atoms with Crippen molar-refractivity contribution in [2.24, 2.45) is 0 Å². The summed E-state index contributed by atoms with van der Waals surface area (Å²) in [6, 6.07) is 18.1. The number of anilines is 3. The lowest BCUT2D eigenvalue weighted by Gasteiger charge is -2.09. The van der Waals surface area contributed by atoms with Crippen molar-refractivity contribution < 1.29 is 14.3 Å². The van der Waals surface area contributed by atoms with Crippen LogP contribution in [0, 0.1) is 0 Å². The van der Waals surface area contributed by atoms with Crippen molar-refractivity contribution in [2.45, 2.75) is 19.8 Å². The van der Waals surface area contributed by atoms with Gasteiger partial charge in [-0.1, -0.05) is 26.0 Å². The molecule has 6 nitrogen and oxygen atoms in total. The van der Waals surface area contributed by atoms with Gasteiger partial charge in [0.25, 0.3) is 5.91 Å². The number of amides is 1. The number of esters is 1. The summed E-state index contributed by atoms with van der Waals surface area (Å²) in [6.07, 6.45) is 1.52. The number of aromatic nitrogens is 1. The van der Waals surface area contributed by atoms with E-state index < -0.39 is 5.97 Å². The lowest BCUT2D eigenvalue weighted by Crippen LogP contribution is -2.12. The number of pyridine rings is 1. The van der Waals surface area contributed by atoms with E-state index in [9.17, 15) is 9.59 Å². The number of carbonyl (C=O) groups excluding carboxylic acids is 2. The average Bonchev–Trinajstić information content (AvgIpc) is 2.74. The number of carbonyl (C=O) groups is 2. The van der Waals surface area contributed by atoms with Crippen LogP contribution in [0.1, 0.15) is 46.0 Å². The van der Waals surface area contributed by atoms with Gasteiger partial charge in [0.2, 0.25) is 0 Å². The van der Waals surface area contributed by atoms with Gasteiger partial charge in [0, 0.05) is 17.6 Å². The Bertz CT molecular complexity index is 979. The normalized spacial score (nSPS) is 10.5. The quantitative estimate of drug-likeness (QED) is 0.581. The Morgan fingerprint density at radius 3 is 2.03 bits per heavy atom. The summed E-state index contributed by atoms with van der Waals surface area (Å²) in [4.78, 5) is 28.2. The number of nitrogens with zero attached hydrogens (tertiary/aromatic N) is 1. The van der Waals surface area contributed by atoms with Crippen LogP contribution in [0.3, 0.4) is 0 Å². The van der Waals surface area contributed by atoms with Gasteiger partial charge in [0.1, 0.15) is 5.82 Å². The highest BCUT2D eigenvalue weighted by Crippen LogP contribution is 2.20. The maximum Gasteiger partial charge on any atom is 0.337 e. The Kier molecular flexibility index (Phi) is 6.24. The van der Waals surface area contributed by atoms with Crippen molar-refractivity contribution in [2.75, 3.05) is 17.7 Å². The van der Waals surface area contributed by atoms with E-state index in [0.717, 1.165) is 5.69 Å². The van der Waals surface area contributed by atoms with Crippen molar-refractivity contribution in [1.82, 2.24) is 4.98 Å². The number of benzene rings is 2. The fraction of sp³-hybridized carbons (Fsp3) is 0.174. The van der Waals surface area contributed by atoms with Gasteiger partial charge in [0.15, 0.2) is 0 Å². The molecule has 1 aromatic heterocycles. The van der Waals surface area contributed by atoms with Gasteiger partial charge >= 0.3 is 5.97 Å². The SMILES string of the molecule is COC(=O)c1ccc(NC(=O)c2ccc(Nc3ccc(C(C)C)cc3)nc2)cc1. The van der Waals surface area contributed by atoms with Crippen LogP contribution in [0.25, 0.3) is 0 Å². The molecule has 3 aromatic rings. The third kappa shape index (κ3) is 5.19. The lowest BCUT2D eigenvalue weighted by atomic mass is 10.0. The molecule has 0 aliphatic carbocycles. The van der Waals surface area contributed by atoms with Gasteiger partial charge in [-0.3, -0.25) is 4.79 Å². The number of methoxy groups -OCH3 is 1. The van der Waals surface area contributed by atoms with Crippen LogP contribution in [0.2, 0.25) is 0 Å². The van der Waals surface area contributed by atoms with Crippen molar-refractivity contribution in [1.29, 1.82) is 0 Å². The molecule has 0 unspecified atom stereocenters. The van der Waals surface area contributed by atoms with E-state index >= 15 is 0 Å². The molecular weight excluding hydrogens is 366 g/mol. The first-order valence-corrected chi connectivity index (χ1v) is 9.29. The minimum atomic E-state index is -0.422. The molecule has 2 aromatic carbocycles. The summed E-state index contributed by atoms with van der Waals surface area (Å²) in [5.74, 6) is 0.433. The summed E-state index contributed by atoms with van der Waals surface area (Å²) in [6.45, 7) is 4.31. The van der Waals surface area contributed by atoms with Gasteiger partial charge < -0.3 is 15.4 Å². The molecule has 0 spiro atoms. The summed E-state index contributed by atoms with van der Waals surface area (Å²) in [5.41, 5.74) is 3.64. The average molecular weight is 389 g/mol. The summed E-state index contributed by atoms with van der Waals surface area (Å²) in [5, 5.41) is 6.00. The number of nitrogens with one attached hydrogen (secondary N) is 2. The zero-order valence-corrected chi connectivity index (χ0v) is 16.6. The zero-order valence-electron chi connectivity index (χ0n) is 16.6. The first kappa shape index (κ1) is 20.1. The molecule has 0 saturated heterocycles. The van der Waals surface area contributed by atoms with Crippen molar-refractivity contribution >= 4 is 29.1 Å². The smallest absolute Gasteiger partial charge is 0.337 e. The second-order valence-electron chi connectivity index (χ2n) is 6.86. The van der Waals surface area contributed by atoms with Gasteiger partial charge in [-0.25, -0.2) is 9.78 Å².